The number of hydrazone groups is 1. The Bertz CT molecular complexity index is 929. The zero-order chi connectivity index (χ0) is 21.4. The highest BCUT2D eigenvalue weighted by atomic mass is 35.5. The normalized spacial score (nSPS) is 26.6. The Morgan fingerprint density at radius 2 is 1.87 bits per heavy atom. The van der Waals surface area contributed by atoms with Crippen molar-refractivity contribution in [1.82, 2.24) is 5.01 Å². The van der Waals surface area contributed by atoms with Gasteiger partial charge in [0.15, 0.2) is 18.1 Å². The number of benzene rings is 1. The van der Waals surface area contributed by atoms with Gasteiger partial charge in [-0.15, -0.1) is 0 Å². The van der Waals surface area contributed by atoms with Crippen LogP contribution in [0, 0.1) is 23.7 Å². The van der Waals surface area contributed by atoms with Gasteiger partial charge in [-0.1, -0.05) is 23.8 Å². The van der Waals surface area contributed by atoms with Crippen LogP contribution in [0.25, 0.3) is 0 Å². The number of allylic oxidation sites excluding steroid dienone is 2. The molecule has 1 saturated carbocycles. The van der Waals surface area contributed by atoms with Crippen molar-refractivity contribution in [3.8, 4) is 11.5 Å². The molecule has 158 valence electrons. The largest absolute Gasteiger partial charge is 0.490 e. The van der Waals surface area contributed by atoms with Crippen molar-refractivity contribution in [2.24, 2.45) is 28.8 Å². The van der Waals surface area contributed by atoms with Gasteiger partial charge >= 0.3 is 5.97 Å². The van der Waals surface area contributed by atoms with E-state index in [0.717, 1.165) is 11.4 Å². The van der Waals surface area contributed by atoms with Crippen LogP contribution in [0.3, 0.4) is 0 Å². The number of hydrogen-bond donors (Lipinski definition) is 0. The summed E-state index contributed by atoms with van der Waals surface area (Å²) < 4.78 is 15.5. The number of hydrogen-bond acceptors (Lipinski definition) is 7. The molecular formula is C21H21ClN2O6. The molecule has 9 heteroatoms. The van der Waals surface area contributed by atoms with Crippen LogP contribution in [0.5, 0.6) is 11.5 Å². The van der Waals surface area contributed by atoms with Crippen LogP contribution in [-0.2, 0) is 19.1 Å². The Kier molecular flexibility index (Phi) is 5.51. The first kappa shape index (κ1) is 20.4. The molecule has 8 nitrogen and oxygen atoms in total. The van der Waals surface area contributed by atoms with Crippen LogP contribution in [0.2, 0.25) is 5.02 Å². The Hall–Kier alpha value is -2.87. The van der Waals surface area contributed by atoms with Gasteiger partial charge in [-0.2, -0.15) is 10.1 Å². The van der Waals surface area contributed by atoms with Crippen LogP contribution in [0.1, 0.15) is 18.9 Å². The highest BCUT2D eigenvalue weighted by Gasteiger charge is 2.59. The Balaban J connectivity index is 1.54. The molecule has 4 unspecified atom stereocenters. The molecule has 2 amide bonds. The third-order valence-electron chi connectivity index (χ3n) is 5.66. The second-order valence-electron chi connectivity index (χ2n) is 7.36. The molecule has 0 aromatic heterocycles. The summed E-state index contributed by atoms with van der Waals surface area (Å²) in [5, 5.41) is 5.31. The molecule has 30 heavy (non-hydrogen) atoms. The first-order valence-corrected chi connectivity index (χ1v) is 10.1. The molecule has 4 atom stereocenters. The number of esters is 1. The van der Waals surface area contributed by atoms with Crippen LogP contribution in [0.4, 0.5) is 0 Å². The Morgan fingerprint density at radius 3 is 2.47 bits per heavy atom. The summed E-state index contributed by atoms with van der Waals surface area (Å²) in [5.41, 5.74) is 0.521. The second-order valence-corrected chi connectivity index (χ2v) is 7.77. The van der Waals surface area contributed by atoms with Gasteiger partial charge in [0.2, 0.25) is 0 Å². The molecule has 1 aromatic carbocycles. The fourth-order valence-electron chi connectivity index (χ4n) is 4.38. The number of methoxy groups -OCH3 is 1. The van der Waals surface area contributed by atoms with E-state index in [0.29, 0.717) is 17.9 Å². The number of carbonyl (C=O) groups is 3. The van der Waals surface area contributed by atoms with Crippen molar-refractivity contribution in [2.75, 3.05) is 20.3 Å². The van der Waals surface area contributed by atoms with E-state index in [1.165, 1.54) is 13.3 Å². The monoisotopic (exact) mass is 432 g/mol. The molecule has 1 aliphatic heterocycles. The topological polar surface area (TPSA) is 94.5 Å². The molecule has 4 rings (SSSR count). The maximum absolute atomic E-state index is 12.7. The van der Waals surface area contributed by atoms with Crippen LogP contribution in [0.15, 0.2) is 29.4 Å². The van der Waals surface area contributed by atoms with E-state index in [1.807, 2.05) is 12.2 Å². The van der Waals surface area contributed by atoms with Gasteiger partial charge in [-0.05, 0) is 42.9 Å². The summed E-state index contributed by atoms with van der Waals surface area (Å²) in [5.74, 6) is -0.912. The fourth-order valence-corrected chi connectivity index (χ4v) is 4.65. The van der Waals surface area contributed by atoms with E-state index in [2.05, 4.69) is 9.84 Å². The number of imide groups is 1. The summed E-state index contributed by atoms with van der Waals surface area (Å²) in [4.78, 5) is 36.8. The number of amides is 2. The zero-order valence-corrected chi connectivity index (χ0v) is 17.3. The highest BCUT2D eigenvalue weighted by molar-refractivity contribution is 6.32. The molecule has 0 spiro atoms. The molecule has 2 fully saturated rings. The average Bonchev–Trinajstić information content (AvgIpc) is 3.40. The van der Waals surface area contributed by atoms with Gasteiger partial charge < -0.3 is 14.2 Å². The lowest BCUT2D eigenvalue weighted by Crippen LogP contribution is -2.28. The molecule has 1 aromatic rings. The number of halogens is 1. The molecule has 2 bridgehead atoms. The minimum absolute atomic E-state index is 0.127. The molecule has 0 N–H and O–H groups in total. The van der Waals surface area contributed by atoms with Crippen molar-refractivity contribution in [3.63, 3.8) is 0 Å². The SMILES string of the molecule is CCOc1cc(C=NN2C(=O)C3C4C=CC(C4)C3C2=O)cc(Cl)c1OCC(=O)OC. The summed E-state index contributed by atoms with van der Waals surface area (Å²) in [6.07, 6.45) is 6.33. The predicted molar refractivity (Wildman–Crippen MR) is 107 cm³/mol. The van der Waals surface area contributed by atoms with Crippen molar-refractivity contribution in [3.05, 3.63) is 34.9 Å². The van der Waals surface area contributed by atoms with Crippen LogP contribution < -0.4 is 9.47 Å². The molecule has 1 heterocycles. The summed E-state index contributed by atoms with van der Waals surface area (Å²) in [6, 6.07) is 3.17. The maximum Gasteiger partial charge on any atom is 0.343 e. The third-order valence-corrected chi connectivity index (χ3v) is 5.94. The number of ether oxygens (including phenoxy) is 3. The first-order chi connectivity index (χ1) is 14.4. The molecule has 2 aliphatic carbocycles. The number of fused-ring (bicyclic) bond motifs is 5. The lowest BCUT2D eigenvalue weighted by molar-refractivity contribution is -0.143. The van der Waals surface area contributed by atoms with Crippen molar-refractivity contribution >= 4 is 35.6 Å². The molecule has 3 aliphatic rings. The molecule has 0 radical (unpaired) electrons. The highest BCUT2D eigenvalue weighted by Crippen LogP contribution is 2.52. The van der Waals surface area contributed by atoms with Gasteiger partial charge in [0, 0.05) is 0 Å². The Labute approximate surface area is 178 Å². The van der Waals surface area contributed by atoms with Gasteiger partial charge in [-0.25, -0.2) is 4.79 Å². The van der Waals surface area contributed by atoms with Crippen LogP contribution >= 0.6 is 11.6 Å². The maximum atomic E-state index is 12.7. The van der Waals surface area contributed by atoms with E-state index in [4.69, 9.17) is 21.1 Å². The van der Waals surface area contributed by atoms with Gasteiger partial charge in [0.05, 0.1) is 36.8 Å². The second kappa shape index (κ2) is 8.10. The summed E-state index contributed by atoms with van der Waals surface area (Å²) in [7, 11) is 1.26. The summed E-state index contributed by atoms with van der Waals surface area (Å²) in [6.45, 7) is 1.81. The Morgan fingerprint density at radius 1 is 1.20 bits per heavy atom. The smallest absolute Gasteiger partial charge is 0.343 e. The van der Waals surface area contributed by atoms with E-state index in [1.54, 1.807) is 19.1 Å². The van der Waals surface area contributed by atoms with Crippen molar-refractivity contribution in [1.29, 1.82) is 0 Å². The van der Waals surface area contributed by atoms with Gasteiger partial charge in [0.25, 0.3) is 11.8 Å². The third kappa shape index (κ3) is 3.45. The predicted octanol–water partition coefficient (Wildman–Crippen LogP) is 2.43. The van der Waals surface area contributed by atoms with Gasteiger partial charge in [-0.3, -0.25) is 9.59 Å². The van der Waals surface area contributed by atoms with Crippen molar-refractivity contribution < 1.29 is 28.6 Å². The van der Waals surface area contributed by atoms with E-state index >= 15 is 0 Å². The standard InChI is InChI=1S/C21H21ClN2O6/c1-3-29-15-7-11(6-14(22)19(15)30-10-16(25)28-2)9-23-24-20(26)17-12-4-5-13(8-12)18(17)21(24)27/h4-7,9,12-13,17-18H,3,8,10H2,1-2H3. The summed E-state index contributed by atoms with van der Waals surface area (Å²) >= 11 is 6.30. The molecule has 1 saturated heterocycles. The average molecular weight is 433 g/mol. The minimum atomic E-state index is -0.556. The number of carbonyl (C=O) groups excluding carboxylic acids is 3. The van der Waals surface area contributed by atoms with Crippen LogP contribution in [-0.4, -0.2) is 49.3 Å². The van der Waals surface area contributed by atoms with Crippen molar-refractivity contribution in [2.45, 2.75) is 13.3 Å². The van der Waals surface area contributed by atoms with E-state index < -0.39 is 5.97 Å². The van der Waals surface area contributed by atoms with E-state index in [-0.39, 0.29) is 52.9 Å². The lowest BCUT2D eigenvalue weighted by atomic mass is 9.85. The number of nitrogens with zero attached hydrogens (tertiary/aromatic N) is 2. The first-order valence-electron chi connectivity index (χ1n) is 9.70. The quantitative estimate of drug-likeness (QED) is 0.284. The fraction of sp³-hybridized carbons (Fsp3) is 0.429. The zero-order valence-electron chi connectivity index (χ0n) is 16.5. The van der Waals surface area contributed by atoms with Gasteiger partial charge in [0.1, 0.15) is 0 Å². The minimum Gasteiger partial charge on any atom is -0.490 e. The lowest BCUT2D eigenvalue weighted by Gasteiger charge is -2.14. The van der Waals surface area contributed by atoms with E-state index in [9.17, 15) is 14.4 Å². The molecular weight excluding hydrogens is 412 g/mol. The number of rotatable bonds is 7.